The largest absolute Gasteiger partial charge is 0.327 e. The van der Waals surface area contributed by atoms with Gasteiger partial charge in [0.1, 0.15) is 0 Å². The molecule has 0 radical (unpaired) electrons. The zero-order valence-corrected chi connectivity index (χ0v) is 6.19. The van der Waals surface area contributed by atoms with E-state index in [-0.39, 0.29) is 23.5 Å². The lowest BCUT2D eigenvalue weighted by Crippen LogP contribution is -2.26. The molecule has 9 heavy (non-hydrogen) atoms. The molecule has 0 saturated carbocycles. The molecule has 1 aliphatic rings. The molecule has 0 unspecified atom stereocenters. The zero-order chi connectivity index (χ0) is 7.07. The van der Waals surface area contributed by atoms with E-state index >= 15 is 0 Å². The van der Waals surface area contributed by atoms with Gasteiger partial charge in [-0.15, -0.1) is 0 Å². The number of nitrogens with two attached hydrogens (primary N) is 1. The summed E-state index contributed by atoms with van der Waals surface area (Å²) in [5.74, 6) is 0.595. The van der Waals surface area contributed by atoms with Crippen molar-refractivity contribution in [1.82, 2.24) is 0 Å². The second-order valence-corrected chi connectivity index (χ2v) is 4.87. The van der Waals surface area contributed by atoms with Gasteiger partial charge in [-0.25, -0.2) is 8.42 Å². The maximum absolute atomic E-state index is 10.8. The van der Waals surface area contributed by atoms with E-state index in [0.29, 0.717) is 0 Å². The number of hydrogen-bond acceptors (Lipinski definition) is 3. The molecule has 0 aliphatic carbocycles. The van der Waals surface area contributed by atoms with Crippen molar-refractivity contribution in [3.05, 3.63) is 0 Å². The number of hydrogen-bond donors (Lipinski definition) is 1. The highest BCUT2D eigenvalue weighted by molar-refractivity contribution is 7.91. The van der Waals surface area contributed by atoms with Crippen LogP contribution < -0.4 is 5.73 Å². The normalized spacial score (nSPS) is 41.1. The lowest BCUT2D eigenvalue weighted by atomic mass is 10.1. The first kappa shape index (κ1) is 7.02. The Kier molecular flexibility index (Phi) is 1.52. The van der Waals surface area contributed by atoms with Crippen molar-refractivity contribution in [3.63, 3.8) is 0 Å². The van der Waals surface area contributed by atoms with Gasteiger partial charge in [-0.1, -0.05) is 6.92 Å². The lowest BCUT2D eigenvalue weighted by molar-refractivity contribution is 0.566. The van der Waals surface area contributed by atoms with Crippen LogP contribution in [-0.4, -0.2) is 26.0 Å². The van der Waals surface area contributed by atoms with E-state index in [1.165, 1.54) is 0 Å². The summed E-state index contributed by atoms with van der Waals surface area (Å²) in [5, 5.41) is 0. The van der Waals surface area contributed by atoms with Crippen LogP contribution in [0.1, 0.15) is 6.92 Å². The van der Waals surface area contributed by atoms with Gasteiger partial charge < -0.3 is 5.73 Å². The molecule has 4 heteroatoms. The lowest BCUT2D eigenvalue weighted by Gasteiger charge is -2.02. The van der Waals surface area contributed by atoms with Crippen LogP contribution in [0.5, 0.6) is 0 Å². The van der Waals surface area contributed by atoms with Crippen molar-refractivity contribution in [2.75, 3.05) is 11.5 Å². The summed E-state index contributed by atoms with van der Waals surface area (Å²) < 4.78 is 21.5. The van der Waals surface area contributed by atoms with Gasteiger partial charge in [0.05, 0.1) is 11.5 Å². The molecule has 0 aromatic rings. The maximum atomic E-state index is 10.8. The van der Waals surface area contributed by atoms with Gasteiger partial charge in [0.25, 0.3) is 0 Å². The summed E-state index contributed by atoms with van der Waals surface area (Å²) in [4.78, 5) is 0. The molecule has 1 rings (SSSR count). The first-order chi connectivity index (χ1) is 4.01. The van der Waals surface area contributed by atoms with Crippen LogP contribution in [0, 0.1) is 5.92 Å². The molecule has 0 spiro atoms. The van der Waals surface area contributed by atoms with Gasteiger partial charge in [-0.05, 0) is 5.92 Å². The highest BCUT2D eigenvalue weighted by atomic mass is 32.2. The molecule has 1 fully saturated rings. The summed E-state index contributed by atoms with van der Waals surface area (Å²) in [5.41, 5.74) is 5.47. The topological polar surface area (TPSA) is 60.2 Å². The second-order valence-electron chi connectivity index (χ2n) is 2.72. The molecule has 0 bridgehead atoms. The third-order valence-corrected chi connectivity index (χ3v) is 3.62. The highest BCUT2D eigenvalue weighted by Gasteiger charge is 2.31. The molecule has 3 nitrogen and oxygen atoms in total. The Bertz CT molecular complexity index is 181. The van der Waals surface area contributed by atoms with E-state index in [4.69, 9.17) is 5.73 Å². The molecule has 1 aliphatic heterocycles. The van der Waals surface area contributed by atoms with E-state index in [1.807, 2.05) is 6.92 Å². The minimum atomic E-state index is -2.77. The van der Waals surface area contributed by atoms with E-state index in [0.717, 1.165) is 0 Å². The van der Waals surface area contributed by atoms with Gasteiger partial charge in [0.2, 0.25) is 0 Å². The fourth-order valence-corrected chi connectivity index (χ4v) is 3.15. The molecule has 0 aromatic heterocycles. The van der Waals surface area contributed by atoms with Crippen molar-refractivity contribution >= 4 is 9.84 Å². The van der Waals surface area contributed by atoms with Gasteiger partial charge in [0, 0.05) is 6.04 Å². The first-order valence-electron chi connectivity index (χ1n) is 2.97. The minimum absolute atomic E-state index is 0.130. The van der Waals surface area contributed by atoms with E-state index < -0.39 is 9.84 Å². The van der Waals surface area contributed by atoms with Gasteiger partial charge in [-0.3, -0.25) is 0 Å². The van der Waals surface area contributed by atoms with Crippen molar-refractivity contribution in [1.29, 1.82) is 0 Å². The summed E-state index contributed by atoms with van der Waals surface area (Å²) in [6, 6.07) is -0.130. The van der Waals surface area contributed by atoms with Crippen molar-refractivity contribution in [2.24, 2.45) is 11.7 Å². The smallest absolute Gasteiger partial charge is 0.152 e. The third kappa shape index (κ3) is 1.43. The molecule has 1 saturated heterocycles. The highest BCUT2D eigenvalue weighted by Crippen LogP contribution is 2.15. The Hall–Kier alpha value is -0.0900. The number of rotatable bonds is 0. The maximum Gasteiger partial charge on any atom is 0.152 e. The Labute approximate surface area is 55.2 Å². The Balaban J connectivity index is 2.77. The quantitative estimate of drug-likeness (QED) is 0.499. The molecular weight excluding hydrogens is 138 g/mol. The predicted molar refractivity (Wildman–Crippen MR) is 35.8 cm³/mol. The Morgan fingerprint density at radius 2 is 2.00 bits per heavy atom. The standard InChI is InChI=1S/C5H11NO2S/c1-4-2-9(7,8)3-5(4)6/h4-5H,2-3,6H2,1H3/t4-,5+/m1/s1. The SMILES string of the molecule is C[C@@H]1CS(=O)(=O)C[C@@H]1N. The van der Waals surface area contributed by atoms with Gasteiger partial charge in [0.15, 0.2) is 9.84 Å². The Morgan fingerprint density at radius 1 is 1.44 bits per heavy atom. The Morgan fingerprint density at radius 3 is 2.11 bits per heavy atom. The van der Waals surface area contributed by atoms with Crippen LogP contribution in [0.25, 0.3) is 0 Å². The summed E-state index contributed by atoms with van der Waals surface area (Å²) in [6.45, 7) is 1.87. The molecule has 54 valence electrons. The fourth-order valence-electron chi connectivity index (χ4n) is 1.05. The van der Waals surface area contributed by atoms with E-state index in [9.17, 15) is 8.42 Å². The van der Waals surface area contributed by atoms with Crippen LogP contribution >= 0.6 is 0 Å². The van der Waals surface area contributed by atoms with Crippen LogP contribution in [0.15, 0.2) is 0 Å². The van der Waals surface area contributed by atoms with Crippen molar-refractivity contribution in [3.8, 4) is 0 Å². The summed E-state index contributed by atoms with van der Waals surface area (Å²) in [7, 11) is -2.77. The average Bonchev–Trinajstić information content (AvgIpc) is 1.79. The van der Waals surface area contributed by atoms with Gasteiger partial charge in [-0.2, -0.15) is 0 Å². The first-order valence-corrected chi connectivity index (χ1v) is 4.79. The number of sulfone groups is 1. The van der Waals surface area contributed by atoms with Crippen LogP contribution in [0.3, 0.4) is 0 Å². The molecule has 0 amide bonds. The average molecular weight is 149 g/mol. The molecule has 0 aromatic carbocycles. The monoisotopic (exact) mass is 149 g/mol. The van der Waals surface area contributed by atoms with Crippen LogP contribution in [0.2, 0.25) is 0 Å². The zero-order valence-electron chi connectivity index (χ0n) is 5.37. The predicted octanol–water partition coefficient (Wildman–Crippen LogP) is -0.622. The third-order valence-electron chi connectivity index (χ3n) is 1.69. The van der Waals surface area contributed by atoms with E-state index in [2.05, 4.69) is 0 Å². The van der Waals surface area contributed by atoms with Crippen LogP contribution in [-0.2, 0) is 9.84 Å². The van der Waals surface area contributed by atoms with Crippen LogP contribution in [0.4, 0.5) is 0 Å². The fraction of sp³-hybridized carbons (Fsp3) is 1.00. The molecule has 2 N–H and O–H groups in total. The summed E-state index contributed by atoms with van der Waals surface area (Å²) in [6.07, 6.45) is 0. The van der Waals surface area contributed by atoms with Gasteiger partial charge >= 0.3 is 0 Å². The summed E-state index contributed by atoms with van der Waals surface area (Å²) >= 11 is 0. The second kappa shape index (κ2) is 1.95. The van der Waals surface area contributed by atoms with Crippen molar-refractivity contribution in [2.45, 2.75) is 13.0 Å². The molecule has 1 heterocycles. The van der Waals surface area contributed by atoms with Crippen molar-refractivity contribution < 1.29 is 8.42 Å². The molecular formula is C5H11NO2S. The molecule has 2 atom stereocenters. The minimum Gasteiger partial charge on any atom is -0.327 e. The van der Waals surface area contributed by atoms with E-state index in [1.54, 1.807) is 0 Å².